The van der Waals surface area contributed by atoms with Gasteiger partial charge in [-0.1, -0.05) is 6.42 Å². The number of β-amino-alcohol motifs (C(OH)–C–C–N with tert-alkyl or cyclic N) is 1. The molecule has 2 aliphatic carbocycles. The Morgan fingerprint density at radius 1 is 1.18 bits per heavy atom. The molecule has 0 aromatic carbocycles. The van der Waals surface area contributed by atoms with Crippen molar-refractivity contribution in [2.45, 2.75) is 93.4 Å². The third-order valence-corrected chi connectivity index (χ3v) is 10.3. The van der Waals surface area contributed by atoms with E-state index in [-0.39, 0.29) is 47.9 Å². The number of fused-ring (bicyclic) bond motifs is 1. The zero-order valence-corrected chi connectivity index (χ0v) is 23.6. The van der Waals surface area contributed by atoms with E-state index in [0.29, 0.717) is 38.2 Å². The molecule has 3 aliphatic heterocycles. The lowest BCUT2D eigenvalue weighted by atomic mass is 9.72. The molecule has 5 rings (SSSR count). The second-order valence-corrected chi connectivity index (χ2v) is 12.8. The maximum Gasteiger partial charge on any atom is 0.223 e. The number of likely N-dealkylation sites (N-methyl/N-ethyl adjacent to an activating group) is 1. The Morgan fingerprint density at radius 2 is 2.03 bits per heavy atom. The molecule has 2 saturated carbocycles. The predicted octanol–water partition coefficient (Wildman–Crippen LogP) is 0.813. The minimum Gasteiger partial charge on any atom is -0.390 e. The number of rotatable bonds is 10. The normalized spacial score (nSPS) is 39.9. The number of piperidine rings is 2. The summed E-state index contributed by atoms with van der Waals surface area (Å²) in [7, 11) is 2.01. The van der Waals surface area contributed by atoms with Crippen molar-refractivity contribution in [1.82, 2.24) is 31.3 Å². The Morgan fingerprint density at radius 3 is 2.76 bits per heavy atom. The minimum atomic E-state index is -0.958. The molecule has 5 N–H and O–H groups in total. The van der Waals surface area contributed by atoms with Crippen LogP contribution in [0, 0.1) is 17.8 Å². The molecular formula is C27H48ClFN6O3. The largest absolute Gasteiger partial charge is 0.390 e. The number of aliphatic hydroxyl groups is 1. The van der Waals surface area contributed by atoms with E-state index in [2.05, 4.69) is 31.3 Å². The summed E-state index contributed by atoms with van der Waals surface area (Å²) in [5.41, 5.74) is 3.28. The van der Waals surface area contributed by atoms with Crippen LogP contribution < -0.4 is 21.4 Å². The number of carbonyl (C=O) groups excluding carboxylic acids is 1. The molecule has 3 heterocycles. The third-order valence-electron chi connectivity index (χ3n) is 9.67. The van der Waals surface area contributed by atoms with Gasteiger partial charge in [-0.25, -0.2) is 9.40 Å². The Hall–Kier alpha value is -0.590. The Bertz CT molecular complexity index is 781. The van der Waals surface area contributed by atoms with Crippen LogP contribution in [0.2, 0.25) is 0 Å². The highest BCUT2D eigenvalue weighted by Gasteiger charge is 2.47. The highest BCUT2D eigenvalue weighted by Crippen LogP contribution is 2.42. The van der Waals surface area contributed by atoms with Gasteiger partial charge >= 0.3 is 0 Å². The lowest BCUT2D eigenvalue weighted by Crippen LogP contribution is -2.56. The number of hydrogen-bond acceptors (Lipinski definition) is 8. The second kappa shape index (κ2) is 13.4. The number of aliphatic hydroxyl groups excluding tert-OH is 1. The number of nitrogens with zero attached hydrogens (tertiary/aromatic N) is 2. The highest BCUT2D eigenvalue weighted by molar-refractivity contribution is 6.21. The quantitative estimate of drug-likeness (QED) is 0.251. The lowest BCUT2D eigenvalue weighted by Gasteiger charge is -2.48. The summed E-state index contributed by atoms with van der Waals surface area (Å²) >= 11 is 6.86. The number of halogens is 2. The maximum absolute atomic E-state index is 15.3. The predicted molar refractivity (Wildman–Crippen MR) is 145 cm³/mol. The van der Waals surface area contributed by atoms with E-state index in [0.717, 1.165) is 45.3 Å². The van der Waals surface area contributed by atoms with E-state index in [1.165, 1.54) is 19.3 Å². The average Bonchev–Trinajstić information content (AvgIpc) is 3.30. The number of hydrogen-bond donors (Lipinski definition) is 5. The summed E-state index contributed by atoms with van der Waals surface area (Å²) in [5.74, 6) is -0.0678. The fourth-order valence-electron chi connectivity index (χ4n) is 7.00. The first-order chi connectivity index (χ1) is 18.4. The SMILES string of the molecule is CN1NCCC1COC1CC(F)C2CN(C[C@@H](O)CNC(=O)C3CCNC(NC4CCC4)C3)CCC2C1Cl. The number of hydrazine groups is 1. The van der Waals surface area contributed by atoms with Crippen LogP contribution >= 0.6 is 11.6 Å². The molecule has 0 aromatic rings. The molecule has 3 saturated heterocycles. The Labute approximate surface area is 231 Å². The molecule has 5 fully saturated rings. The van der Waals surface area contributed by atoms with Crippen molar-refractivity contribution in [2.75, 3.05) is 52.9 Å². The van der Waals surface area contributed by atoms with Gasteiger partial charge in [0.05, 0.1) is 30.4 Å². The molecular weight excluding hydrogens is 511 g/mol. The monoisotopic (exact) mass is 558 g/mol. The molecule has 218 valence electrons. The van der Waals surface area contributed by atoms with Crippen LogP contribution in [-0.4, -0.2) is 116 Å². The van der Waals surface area contributed by atoms with E-state index in [1.807, 2.05) is 7.05 Å². The van der Waals surface area contributed by atoms with Gasteiger partial charge in [0.2, 0.25) is 5.91 Å². The summed E-state index contributed by atoms with van der Waals surface area (Å²) in [6.07, 6.45) is 5.78. The van der Waals surface area contributed by atoms with Crippen LogP contribution in [0.5, 0.6) is 0 Å². The van der Waals surface area contributed by atoms with Crippen molar-refractivity contribution in [3.8, 4) is 0 Å². The van der Waals surface area contributed by atoms with Gasteiger partial charge in [-0.05, 0) is 57.5 Å². The van der Waals surface area contributed by atoms with Gasteiger partial charge in [-0.3, -0.25) is 15.5 Å². The lowest BCUT2D eigenvalue weighted by molar-refractivity contribution is -0.126. The Balaban J connectivity index is 1.02. The molecule has 9 atom stereocenters. The first-order valence-corrected chi connectivity index (χ1v) is 15.3. The zero-order chi connectivity index (χ0) is 26.6. The number of carbonyl (C=O) groups is 1. The first-order valence-electron chi connectivity index (χ1n) is 14.9. The Kier molecular flexibility index (Phi) is 10.2. The van der Waals surface area contributed by atoms with Gasteiger partial charge in [-0.2, -0.15) is 0 Å². The van der Waals surface area contributed by atoms with Crippen molar-refractivity contribution < 1.29 is 19.0 Å². The van der Waals surface area contributed by atoms with Crippen LogP contribution in [0.25, 0.3) is 0 Å². The van der Waals surface area contributed by atoms with E-state index < -0.39 is 12.3 Å². The van der Waals surface area contributed by atoms with Crippen molar-refractivity contribution >= 4 is 17.5 Å². The fourth-order valence-corrected chi connectivity index (χ4v) is 7.49. The van der Waals surface area contributed by atoms with Crippen molar-refractivity contribution in [2.24, 2.45) is 17.8 Å². The second-order valence-electron chi connectivity index (χ2n) is 12.3. The van der Waals surface area contributed by atoms with Gasteiger partial charge in [0.25, 0.3) is 0 Å². The van der Waals surface area contributed by atoms with Gasteiger partial charge in [0, 0.05) is 63.6 Å². The zero-order valence-electron chi connectivity index (χ0n) is 22.8. The minimum absolute atomic E-state index is 0.0244. The van der Waals surface area contributed by atoms with Crippen LogP contribution in [0.1, 0.15) is 51.4 Å². The summed E-state index contributed by atoms with van der Waals surface area (Å²) in [5, 5.41) is 22.6. The summed E-state index contributed by atoms with van der Waals surface area (Å²) in [6, 6.07) is 0.885. The number of ether oxygens (including phenoxy) is 1. The van der Waals surface area contributed by atoms with Gasteiger partial charge in [0.1, 0.15) is 6.17 Å². The van der Waals surface area contributed by atoms with E-state index in [1.54, 1.807) is 0 Å². The van der Waals surface area contributed by atoms with Gasteiger partial charge < -0.3 is 25.4 Å². The number of alkyl halides is 2. The average molecular weight is 559 g/mol. The molecule has 9 nitrogen and oxygen atoms in total. The first kappa shape index (κ1) is 28.9. The number of amides is 1. The molecule has 0 aromatic heterocycles. The molecule has 0 spiro atoms. The maximum atomic E-state index is 15.3. The van der Waals surface area contributed by atoms with Crippen molar-refractivity contribution in [1.29, 1.82) is 0 Å². The molecule has 8 unspecified atom stereocenters. The van der Waals surface area contributed by atoms with Crippen LogP contribution in [-0.2, 0) is 9.53 Å². The molecule has 5 aliphatic rings. The summed E-state index contributed by atoms with van der Waals surface area (Å²) < 4.78 is 21.5. The van der Waals surface area contributed by atoms with Crippen molar-refractivity contribution in [3.05, 3.63) is 0 Å². The number of nitrogens with one attached hydrogen (secondary N) is 4. The molecule has 0 radical (unpaired) electrons. The van der Waals surface area contributed by atoms with Crippen LogP contribution in [0.3, 0.4) is 0 Å². The number of likely N-dealkylation sites (tertiary alicyclic amines) is 1. The summed E-state index contributed by atoms with van der Waals surface area (Å²) in [4.78, 5) is 14.9. The highest BCUT2D eigenvalue weighted by atomic mass is 35.5. The van der Waals surface area contributed by atoms with Gasteiger partial charge in [0.15, 0.2) is 0 Å². The molecule has 1 amide bonds. The molecule has 0 bridgehead atoms. The van der Waals surface area contributed by atoms with E-state index in [4.69, 9.17) is 16.3 Å². The van der Waals surface area contributed by atoms with E-state index in [9.17, 15) is 9.90 Å². The third kappa shape index (κ3) is 7.18. The molecule has 38 heavy (non-hydrogen) atoms. The smallest absolute Gasteiger partial charge is 0.223 e. The van der Waals surface area contributed by atoms with Gasteiger partial charge in [-0.15, -0.1) is 11.6 Å². The van der Waals surface area contributed by atoms with Crippen LogP contribution in [0.4, 0.5) is 4.39 Å². The molecule has 11 heteroatoms. The standard InChI is InChI=1S/C27H48ClFN6O3/c1-34-19(6-9-32-34)16-38-24-12-23(29)22-15-35(10-7-21(22)26(24)28)14-20(36)13-31-27(37)17-5-8-30-25(11-17)33-18-3-2-4-18/h17-26,30,32-33,36H,2-16H2,1H3,(H,31,37)/t17?,19?,20-,21?,22?,23?,24?,25?,26?/m0/s1. The topological polar surface area (TPSA) is 101 Å². The van der Waals surface area contributed by atoms with Crippen LogP contribution in [0.15, 0.2) is 0 Å². The van der Waals surface area contributed by atoms with E-state index >= 15 is 4.39 Å². The summed E-state index contributed by atoms with van der Waals surface area (Å²) in [6.45, 7) is 4.36. The fraction of sp³-hybridized carbons (Fsp3) is 0.963. The van der Waals surface area contributed by atoms with Crippen molar-refractivity contribution in [3.63, 3.8) is 0 Å².